The van der Waals surface area contributed by atoms with Crippen molar-refractivity contribution in [2.75, 3.05) is 0 Å². The van der Waals surface area contributed by atoms with Crippen molar-refractivity contribution in [1.82, 2.24) is 0 Å². The SMILES string of the molecule is CBC1CCCC(I)CCC1. The smallest absolute Gasteiger partial charge is 0.0891 e. The van der Waals surface area contributed by atoms with Gasteiger partial charge in [0.15, 0.2) is 0 Å². The van der Waals surface area contributed by atoms with Gasteiger partial charge < -0.3 is 0 Å². The third kappa shape index (κ3) is 3.81. The molecular weight excluding hydrogens is 246 g/mol. The highest BCUT2D eigenvalue weighted by Crippen LogP contribution is 2.28. The van der Waals surface area contributed by atoms with Gasteiger partial charge in [-0.25, -0.2) is 0 Å². The molecule has 11 heavy (non-hydrogen) atoms. The van der Waals surface area contributed by atoms with Gasteiger partial charge in [-0.2, -0.15) is 0 Å². The van der Waals surface area contributed by atoms with Gasteiger partial charge >= 0.3 is 0 Å². The summed E-state index contributed by atoms with van der Waals surface area (Å²) in [6, 6.07) is 0. The van der Waals surface area contributed by atoms with E-state index in [-0.39, 0.29) is 0 Å². The summed E-state index contributed by atoms with van der Waals surface area (Å²) >= 11 is 2.62. The molecule has 0 spiro atoms. The van der Waals surface area contributed by atoms with E-state index < -0.39 is 0 Å². The molecule has 1 aliphatic carbocycles. The van der Waals surface area contributed by atoms with Crippen LogP contribution in [0.25, 0.3) is 0 Å². The van der Waals surface area contributed by atoms with Crippen molar-refractivity contribution in [3.63, 3.8) is 0 Å². The second-order valence-corrected chi connectivity index (χ2v) is 5.49. The van der Waals surface area contributed by atoms with Crippen molar-refractivity contribution in [1.29, 1.82) is 0 Å². The fourth-order valence-corrected chi connectivity index (χ4v) is 2.83. The largest absolute Gasteiger partial charge is 0.120 e. The maximum atomic E-state index is 2.62. The summed E-state index contributed by atoms with van der Waals surface area (Å²) in [6.07, 6.45) is 8.89. The van der Waals surface area contributed by atoms with Crippen LogP contribution in [0.3, 0.4) is 0 Å². The van der Waals surface area contributed by atoms with Crippen molar-refractivity contribution in [3.05, 3.63) is 0 Å². The Morgan fingerprint density at radius 3 is 2.09 bits per heavy atom. The molecule has 0 aromatic rings. The lowest BCUT2D eigenvalue weighted by molar-refractivity contribution is 0.519. The highest BCUT2D eigenvalue weighted by Gasteiger charge is 2.13. The third-order valence-corrected chi connectivity index (χ3v) is 4.08. The van der Waals surface area contributed by atoms with Crippen molar-refractivity contribution < 1.29 is 0 Å². The third-order valence-electron chi connectivity index (χ3n) is 2.84. The Bertz CT molecular complexity index is 95.7. The molecule has 1 aliphatic rings. The molecule has 0 aromatic heterocycles. The van der Waals surface area contributed by atoms with E-state index in [9.17, 15) is 0 Å². The van der Waals surface area contributed by atoms with E-state index in [0.29, 0.717) is 0 Å². The monoisotopic (exact) mass is 264 g/mol. The first kappa shape index (κ1) is 9.88. The van der Waals surface area contributed by atoms with Crippen LogP contribution < -0.4 is 0 Å². The van der Waals surface area contributed by atoms with Gasteiger partial charge in [-0.3, -0.25) is 0 Å². The van der Waals surface area contributed by atoms with Gasteiger partial charge in [-0.05, 0) is 12.8 Å². The molecule has 1 saturated carbocycles. The van der Waals surface area contributed by atoms with E-state index in [1.54, 1.807) is 0 Å². The maximum absolute atomic E-state index is 2.62. The molecule has 0 aromatic carbocycles. The Balaban J connectivity index is 2.22. The lowest BCUT2D eigenvalue weighted by Crippen LogP contribution is -2.08. The maximum Gasteiger partial charge on any atom is 0.120 e. The lowest BCUT2D eigenvalue weighted by Gasteiger charge is -2.19. The second kappa shape index (κ2) is 5.44. The Morgan fingerprint density at radius 1 is 1.09 bits per heavy atom. The molecule has 0 saturated heterocycles. The van der Waals surface area contributed by atoms with Crippen LogP contribution in [0.4, 0.5) is 0 Å². The fourth-order valence-electron chi connectivity index (χ4n) is 1.95. The summed E-state index contributed by atoms with van der Waals surface area (Å²) in [7, 11) is 1.41. The van der Waals surface area contributed by atoms with Crippen molar-refractivity contribution in [2.45, 2.75) is 55.1 Å². The Kier molecular flexibility index (Phi) is 4.89. The zero-order valence-electron chi connectivity index (χ0n) is 7.48. The van der Waals surface area contributed by atoms with Gasteiger partial charge in [-0.1, -0.05) is 60.9 Å². The number of alkyl halides is 1. The highest BCUT2D eigenvalue weighted by atomic mass is 127. The van der Waals surface area contributed by atoms with Crippen molar-refractivity contribution in [2.24, 2.45) is 0 Å². The first-order chi connectivity index (χ1) is 5.33. The molecule has 0 radical (unpaired) electrons. The number of hydrogen-bond donors (Lipinski definition) is 0. The van der Waals surface area contributed by atoms with Crippen LogP contribution in [-0.2, 0) is 0 Å². The van der Waals surface area contributed by atoms with E-state index >= 15 is 0 Å². The second-order valence-electron chi connectivity index (χ2n) is 3.73. The standard InChI is InChI=1S/C9H18BI/c1-10-8-4-2-6-9(11)7-3-5-8/h8-10H,2-7H2,1H3. The number of rotatable bonds is 1. The molecule has 0 heterocycles. The Hall–Kier alpha value is 0.795. The van der Waals surface area contributed by atoms with Crippen LogP contribution in [0.2, 0.25) is 12.6 Å². The Morgan fingerprint density at radius 2 is 1.64 bits per heavy atom. The lowest BCUT2D eigenvalue weighted by atomic mass is 9.62. The van der Waals surface area contributed by atoms with Gasteiger partial charge in [0.05, 0.1) is 0 Å². The van der Waals surface area contributed by atoms with Crippen LogP contribution in [0.15, 0.2) is 0 Å². The summed E-state index contributed by atoms with van der Waals surface area (Å²) < 4.78 is 0.977. The highest BCUT2D eigenvalue weighted by molar-refractivity contribution is 14.1. The molecule has 0 aliphatic heterocycles. The molecule has 1 rings (SSSR count). The summed E-state index contributed by atoms with van der Waals surface area (Å²) in [5.74, 6) is 1.05. The summed E-state index contributed by atoms with van der Waals surface area (Å²) in [4.78, 5) is 0. The quantitative estimate of drug-likeness (QED) is 0.386. The predicted octanol–water partition coefficient (Wildman–Crippen LogP) is 3.42. The minimum absolute atomic E-state index is 0.977. The van der Waals surface area contributed by atoms with E-state index in [0.717, 1.165) is 9.74 Å². The molecule has 0 nitrogen and oxygen atoms in total. The van der Waals surface area contributed by atoms with E-state index in [1.807, 2.05) is 0 Å². The van der Waals surface area contributed by atoms with E-state index in [1.165, 1.54) is 45.8 Å². The minimum Gasteiger partial charge on any atom is -0.0891 e. The molecule has 0 atom stereocenters. The van der Waals surface area contributed by atoms with Crippen LogP contribution in [0, 0.1) is 0 Å². The van der Waals surface area contributed by atoms with E-state index in [4.69, 9.17) is 0 Å². The van der Waals surface area contributed by atoms with Crippen LogP contribution in [0.5, 0.6) is 0 Å². The zero-order chi connectivity index (χ0) is 8.10. The normalized spacial score (nSPS) is 34.0. The molecular formula is C9H18BI. The molecule has 2 heteroatoms. The predicted molar refractivity (Wildman–Crippen MR) is 62.3 cm³/mol. The zero-order valence-corrected chi connectivity index (χ0v) is 9.64. The number of halogens is 1. The average Bonchev–Trinajstić information content (AvgIpc) is 1.96. The van der Waals surface area contributed by atoms with Crippen LogP contribution >= 0.6 is 22.6 Å². The van der Waals surface area contributed by atoms with Crippen molar-refractivity contribution in [3.8, 4) is 0 Å². The summed E-state index contributed by atoms with van der Waals surface area (Å²) in [6.45, 7) is 2.34. The van der Waals surface area contributed by atoms with E-state index in [2.05, 4.69) is 29.4 Å². The van der Waals surface area contributed by atoms with Gasteiger partial charge in [-0.15, -0.1) is 0 Å². The molecule has 0 amide bonds. The summed E-state index contributed by atoms with van der Waals surface area (Å²) in [5.41, 5.74) is 0. The van der Waals surface area contributed by atoms with Crippen molar-refractivity contribution >= 4 is 29.9 Å². The molecule has 64 valence electrons. The number of hydrogen-bond acceptors (Lipinski definition) is 0. The molecule has 1 fully saturated rings. The molecule has 0 N–H and O–H groups in total. The Labute approximate surface area is 84.9 Å². The van der Waals surface area contributed by atoms with Gasteiger partial charge in [0.1, 0.15) is 7.28 Å². The minimum atomic E-state index is 0.977. The fraction of sp³-hybridized carbons (Fsp3) is 1.00. The van der Waals surface area contributed by atoms with Gasteiger partial charge in [0.2, 0.25) is 0 Å². The molecule has 0 unspecified atom stereocenters. The van der Waals surface area contributed by atoms with Crippen LogP contribution in [-0.4, -0.2) is 11.2 Å². The first-order valence-corrected chi connectivity index (χ1v) is 6.21. The average molecular weight is 264 g/mol. The van der Waals surface area contributed by atoms with Crippen LogP contribution in [0.1, 0.15) is 38.5 Å². The molecule has 0 bridgehead atoms. The first-order valence-electron chi connectivity index (χ1n) is 4.97. The van der Waals surface area contributed by atoms with Gasteiger partial charge in [0, 0.05) is 3.92 Å². The van der Waals surface area contributed by atoms with Gasteiger partial charge in [0.25, 0.3) is 0 Å². The topological polar surface area (TPSA) is 0 Å². The summed E-state index contributed by atoms with van der Waals surface area (Å²) in [5, 5.41) is 0.